The second kappa shape index (κ2) is 10.8. The zero-order valence-electron chi connectivity index (χ0n) is 17.7. The molecule has 158 valence electrons. The number of hydrogen-bond donors (Lipinski definition) is 3. The van der Waals surface area contributed by atoms with Crippen LogP contribution in [0.15, 0.2) is 35.1 Å². The van der Waals surface area contributed by atoms with Crippen LogP contribution in [0.3, 0.4) is 0 Å². The molecule has 28 heavy (non-hydrogen) atoms. The predicted octanol–water partition coefficient (Wildman–Crippen LogP) is 5.79. The molecular weight excluding hydrogens is 352 g/mol. The lowest BCUT2D eigenvalue weighted by molar-refractivity contribution is -0.137. The molecule has 0 heterocycles. The summed E-state index contributed by atoms with van der Waals surface area (Å²) in [7, 11) is 0. The van der Waals surface area contributed by atoms with Gasteiger partial charge in [0.25, 0.3) is 0 Å². The lowest BCUT2D eigenvalue weighted by Gasteiger charge is -2.22. The van der Waals surface area contributed by atoms with Crippen LogP contribution in [0.4, 0.5) is 0 Å². The molecule has 2 aliphatic rings. The van der Waals surface area contributed by atoms with Crippen LogP contribution < -0.4 is 0 Å². The maximum absolute atomic E-state index is 10.7. The third kappa shape index (κ3) is 6.80. The second-order valence-electron chi connectivity index (χ2n) is 9.12. The third-order valence-electron chi connectivity index (χ3n) is 6.31. The number of fused-ring (bicyclic) bond motifs is 1. The smallest absolute Gasteiger partial charge is 0.303 e. The molecule has 0 aliphatic heterocycles. The summed E-state index contributed by atoms with van der Waals surface area (Å²) in [4.78, 5) is 10.6. The maximum atomic E-state index is 10.7. The van der Waals surface area contributed by atoms with Crippen molar-refractivity contribution in [3.8, 4) is 0 Å². The van der Waals surface area contributed by atoms with Gasteiger partial charge in [0.15, 0.2) is 0 Å². The molecular formula is C24H38O4. The number of carbonyl (C=O) groups is 1. The van der Waals surface area contributed by atoms with E-state index in [1.807, 2.05) is 6.08 Å². The largest absolute Gasteiger partial charge is 0.512 e. The van der Waals surface area contributed by atoms with Crippen molar-refractivity contribution in [3.05, 3.63) is 35.1 Å². The summed E-state index contributed by atoms with van der Waals surface area (Å²) in [6.45, 7) is 6.44. The monoisotopic (exact) mass is 390 g/mol. The molecule has 0 radical (unpaired) electrons. The van der Waals surface area contributed by atoms with Crippen LogP contribution in [0, 0.1) is 23.7 Å². The number of aliphatic hydroxyl groups excluding tert-OH is 2. The van der Waals surface area contributed by atoms with Crippen molar-refractivity contribution in [1.29, 1.82) is 0 Å². The Labute approximate surface area is 170 Å². The first-order valence-electron chi connectivity index (χ1n) is 10.9. The Bertz CT molecular complexity index is 612. The van der Waals surface area contributed by atoms with Crippen LogP contribution in [0.1, 0.15) is 78.6 Å². The van der Waals surface area contributed by atoms with Crippen molar-refractivity contribution >= 4 is 5.97 Å². The van der Waals surface area contributed by atoms with E-state index in [4.69, 9.17) is 5.11 Å². The molecule has 0 spiro atoms. The first kappa shape index (κ1) is 22.7. The Morgan fingerprint density at radius 1 is 1.25 bits per heavy atom. The molecule has 4 nitrogen and oxygen atoms in total. The van der Waals surface area contributed by atoms with Gasteiger partial charge in [-0.25, -0.2) is 0 Å². The van der Waals surface area contributed by atoms with E-state index in [0.29, 0.717) is 29.9 Å². The SMILES string of the molecule is CC(C)=CCCC(C)CC=C(O)[C@H]1[C@@H]2CC(CCCCC(=O)O)=C[C@@H]2C[C@@H]1O. The van der Waals surface area contributed by atoms with E-state index in [9.17, 15) is 15.0 Å². The van der Waals surface area contributed by atoms with Crippen LogP contribution in [0.2, 0.25) is 0 Å². The number of carboxylic acid groups (broad SMARTS) is 1. The molecule has 1 saturated carbocycles. The topological polar surface area (TPSA) is 77.8 Å². The zero-order chi connectivity index (χ0) is 20.7. The molecule has 1 fully saturated rings. The molecule has 0 aromatic heterocycles. The molecule has 1 unspecified atom stereocenters. The first-order chi connectivity index (χ1) is 13.3. The van der Waals surface area contributed by atoms with Crippen molar-refractivity contribution in [2.24, 2.45) is 23.7 Å². The number of rotatable bonds is 11. The van der Waals surface area contributed by atoms with Gasteiger partial charge in [-0.3, -0.25) is 4.79 Å². The number of aliphatic hydroxyl groups is 2. The van der Waals surface area contributed by atoms with E-state index in [-0.39, 0.29) is 12.3 Å². The van der Waals surface area contributed by atoms with Gasteiger partial charge in [0, 0.05) is 12.3 Å². The fraction of sp³-hybridized carbons (Fsp3) is 0.708. The van der Waals surface area contributed by atoms with Crippen LogP contribution in [-0.4, -0.2) is 27.4 Å². The summed E-state index contributed by atoms with van der Waals surface area (Å²) in [5.41, 5.74) is 2.72. The number of carboxylic acids is 1. The van der Waals surface area contributed by atoms with E-state index in [0.717, 1.165) is 44.9 Å². The van der Waals surface area contributed by atoms with E-state index in [1.165, 1.54) is 11.1 Å². The molecule has 5 atom stereocenters. The van der Waals surface area contributed by atoms with Crippen molar-refractivity contribution in [2.45, 2.75) is 84.7 Å². The second-order valence-corrected chi connectivity index (χ2v) is 9.12. The van der Waals surface area contributed by atoms with Crippen molar-refractivity contribution in [2.75, 3.05) is 0 Å². The number of hydrogen-bond acceptors (Lipinski definition) is 3. The third-order valence-corrected chi connectivity index (χ3v) is 6.31. The quantitative estimate of drug-likeness (QED) is 0.237. The number of allylic oxidation sites excluding steroid dienone is 5. The van der Waals surface area contributed by atoms with Gasteiger partial charge < -0.3 is 15.3 Å². The number of unbranched alkanes of at least 4 members (excludes halogenated alkanes) is 1. The van der Waals surface area contributed by atoms with Gasteiger partial charge in [0.05, 0.1) is 11.9 Å². The molecule has 4 heteroatoms. The van der Waals surface area contributed by atoms with E-state index in [1.54, 1.807) is 0 Å². The summed E-state index contributed by atoms with van der Waals surface area (Å²) >= 11 is 0. The van der Waals surface area contributed by atoms with Crippen molar-refractivity contribution in [1.82, 2.24) is 0 Å². The molecule has 2 rings (SSSR count). The number of aliphatic carboxylic acids is 1. The highest BCUT2D eigenvalue weighted by atomic mass is 16.4. The summed E-state index contributed by atoms with van der Waals surface area (Å²) < 4.78 is 0. The maximum Gasteiger partial charge on any atom is 0.303 e. The van der Waals surface area contributed by atoms with Crippen LogP contribution in [0.5, 0.6) is 0 Å². The van der Waals surface area contributed by atoms with E-state index >= 15 is 0 Å². The Morgan fingerprint density at radius 3 is 2.68 bits per heavy atom. The van der Waals surface area contributed by atoms with Gasteiger partial charge in [-0.15, -0.1) is 0 Å². The highest BCUT2D eigenvalue weighted by molar-refractivity contribution is 5.66. The normalized spacial score (nSPS) is 28.0. The van der Waals surface area contributed by atoms with Crippen LogP contribution in [0.25, 0.3) is 0 Å². The lowest BCUT2D eigenvalue weighted by Crippen LogP contribution is -2.22. The van der Waals surface area contributed by atoms with E-state index in [2.05, 4.69) is 32.9 Å². The fourth-order valence-corrected chi connectivity index (χ4v) is 4.76. The molecule has 0 aromatic rings. The lowest BCUT2D eigenvalue weighted by atomic mass is 9.86. The predicted molar refractivity (Wildman–Crippen MR) is 113 cm³/mol. The summed E-state index contributed by atoms with van der Waals surface area (Å²) in [6, 6.07) is 0. The minimum atomic E-state index is -0.731. The highest BCUT2D eigenvalue weighted by Crippen LogP contribution is 2.49. The van der Waals surface area contributed by atoms with Gasteiger partial charge in [0.1, 0.15) is 0 Å². The molecule has 3 N–H and O–H groups in total. The Kier molecular flexibility index (Phi) is 8.81. The van der Waals surface area contributed by atoms with Crippen molar-refractivity contribution in [3.63, 3.8) is 0 Å². The van der Waals surface area contributed by atoms with Gasteiger partial charge in [-0.2, -0.15) is 0 Å². The van der Waals surface area contributed by atoms with Gasteiger partial charge >= 0.3 is 5.97 Å². The average Bonchev–Trinajstić information content (AvgIpc) is 3.12. The highest BCUT2D eigenvalue weighted by Gasteiger charge is 2.46. The molecule has 0 amide bonds. The van der Waals surface area contributed by atoms with Gasteiger partial charge in [0.2, 0.25) is 0 Å². The molecule has 0 saturated heterocycles. The average molecular weight is 391 g/mol. The summed E-state index contributed by atoms with van der Waals surface area (Å²) in [5, 5.41) is 29.9. The fourth-order valence-electron chi connectivity index (χ4n) is 4.76. The Balaban J connectivity index is 1.83. The van der Waals surface area contributed by atoms with Gasteiger partial charge in [-0.05, 0) is 89.0 Å². The Hall–Kier alpha value is -1.55. The molecule has 0 aromatic carbocycles. The van der Waals surface area contributed by atoms with Crippen molar-refractivity contribution < 1.29 is 20.1 Å². The molecule has 2 aliphatic carbocycles. The van der Waals surface area contributed by atoms with Crippen LogP contribution in [-0.2, 0) is 4.79 Å². The van der Waals surface area contributed by atoms with Gasteiger partial charge in [-0.1, -0.05) is 30.2 Å². The first-order valence-corrected chi connectivity index (χ1v) is 10.9. The summed E-state index contributed by atoms with van der Waals surface area (Å²) in [6.07, 6.45) is 13.5. The van der Waals surface area contributed by atoms with E-state index < -0.39 is 12.1 Å². The standard InChI is InChI=1S/C24H38O4/c1-16(2)7-6-8-17(3)11-12-21(25)24-20-14-18(9-4-5-10-23(27)28)13-19(20)15-22(24)26/h7,12-13,17,19-20,22,24-26H,4-6,8-11,14-15H2,1-3H3,(H,27,28)/t17?,19-,20-,22+,24-/m1/s1. The molecule has 0 bridgehead atoms. The minimum Gasteiger partial charge on any atom is -0.512 e. The minimum absolute atomic E-state index is 0.150. The zero-order valence-corrected chi connectivity index (χ0v) is 17.7. The van der Waals surface area contributed by atoms with Crippen LogP contribution >= 0.6 is 0 Å². The summed E-state index contributed by atoms with van der Waals surface area (Å²) in [5.74, 6) is 0.642. The Morgan fingerprint density at radius 2 is 2.00 bits per heavy atom.